The quantitative estimate of drug-likeness (QED) is 0.517. The lowest BCUT2D eigenvalue weighted by molar-refractivity contribution is -0.638. The Morgan fingerprint density at radius 3 is 2.48 bits per heavy atom. The molecule has 3 heteroatoms. The van der Waals surface area contributed by atoms with Crippen LogP contribution in [-0.4, -0.2) is 4.40 Å². The van der Waals surface area contributed by atoms with Crippen molar-refractivity contribution in [3.8, 4) is 5.75 Å². The second-order valence-electron chi connectivity index (χ2n) is 5.13. The summed E-state index contributed by atoms with van der Waals surface area (Å²) in [5.74, 6) is 0.0460. The van der Waals surface area contributed by atoms with Crippen molar-refractivity contribution in [1.29, 1.82) is 0 Å². The fourth-order valence-corrected chi connectivity index (χ4v) is 2.87. The summed E-state index contributed by atoms with van der Waals surface area (Å²) in [6.07, 6.45) is 1.94. The average Bonchev–Trinajstić information content (AvgIpc) is 2.84. The molecule has 0 saturated heterocycles. The predicted octanol–water partition coefficient (Wildman–Crippen LogP) is 2.50. The van der Waals surface area contributed by atoms with E-state index >= 15 is 0 Å². The first-order valence-electron chi connectivity index (χ1n) is 6.97. The van der Waals surface area contributed by atoms with Gasteiger partial charge in [0.1, 0.15) is 6.54 Å². The lowest BCUT2D eigenvalue weighted by Gasteiger charge is -2.05. The fourth-order valence-electron chi connectivity index (χ4n) is 2.87. The van der Waals surface area contributed by atoms with Crippen molar-refractivity contribution in [2.45, 2.75) is 6.54 Å². The van der Waals surface area contributed by atoms with Gasteiger partial charge in [-0.25, -0.2) is 4.57 Å². The molecule has 0 radical (unpaired) electrons. The van der Waals surface area contributed by atoms with Gasteiger partial charge in [0.15, 0.2) is 11.0 Å². The summed E-state index contributed by atoms with van der Waals surface area (Å²) in [6.45, 7) is 0.692. The Hall–Kier alpha value is -2.81. The molecule has 2 heterocycles. The van der Waals surface area contributed by atoms with E-state index in [9.17, 15) is 5.11 Å². The molecule has 0 atom stereocenters. The molecule has 0 aliphatic heterocycles. The molecule has 4 aromatic rings. The minimum absolute atomic E-state index is 0.0460. The zero-order valence-electron chi connectivity index (χ0n) is 11.4. The average molecular weight is 274 g/mol. The Kier molecular flexibility index (Phi) is 2.64. The summed E-state index contributed by atoms with van der Waals surface area (Å²) in [6, 6.07) is 21.7. The molecule has 21 heavy (non-hydrogen) atoms. The van der Waals surface area contributed by atoms with Crippen LogP contribution >= 0.6 is 0 Å². The first-order valence-corrected chi connectivity index (χ1v) is 6.97. The van der Waals surface area contributed by atoms with Crippen LogP contribution in [0.5, 0.6) is 5.75 Å². The van der Waals surface area contributed by atoms with Crippen LogP contribution in [0.2, 0.25) is 0 Å². The molecule has 0 amide bonds. The van der Waals surface area contributed by atoms with Crippen molar-refractivity contribution in [2.75, 3.05) is 0 Å². The Labute approximate surface area is 122 Å². The van der Waals surface area contributed by atoms with E-state index in [1.807, 2.05) is 47.0 Å². The minimum Gasteiger partial charge on any atom is -0.867 e. The third kappa shape index (κ3) is 1.86. The molecule has 0 bridgehead atoms. The number of hydrogen-bond donors (Lipinski definition) is 0. The molecular formula is C18H14N2O. The number of hydrogen-bond acceptors (Lipinski definition) is 1. The van der Waals surface area contributed by atoms with Gasteiger partial charge in [-0.05, 0) is 29.5 Å². The topological polar surface area (TPSA) is 31.3 Å². The van der Waals surface area contributed by atoms with Gasteiger partial charge in [-0.15, -0.1) is 0 Å². The van der Waals surface area contributed by atoms with Crippen molar-refractivity contribution < 1.29 is 9.67 Å². The summed E-state index contributed by atoms with van der Waals surface area (Å²) in [5.41, 5.74) is 4.03. The molecule has 4 rings (SSSR count). The van der Waals surface area contributed by atoms with Crippen LogP contribution < -0.4 is 9.67 Å². The molecule has 0 unspecified atom stereocenters. The molecule has 0 aliphatic rings. The van der Waals surface area contributed by atoms with E-state index in [0.717, 1.165) is 11.0 Å². The van der Waals surface area contributed by atoms with E-state index in [4.69, 9.17) is 0 Å². The van der Waals surface area contributed by atoms with Gasteiger partial charge in [-0.1, -0.05) is 48.5 Å². The molecule has 102 valence electrons. The maximum absolute atomic E-state index is 12.3. The first kappa shape index (κ1) is 12.0. The van der Waals surface area contributed by atoms with E-state index in [1.54, 1.807) is 12.1 Å². The van der Waals surface area contributed by atoms with Crippen LogP contribution in [0.15, 0.2) is 72.9 Å². The van der Waals surface area contributed by atoms with Crippen LogP contribution in [0.1, 0.15) is 5.56 Å². The number of fused-ring (bicyclic) bond motifs is 3. The maximum atomic E-state index is 12.3. The molecule has 0 saturated carbocycles. The Morgan fingerprint density at radius 1 is 0.857 bits per heavy atom. The van der Waals surface area contributed by atoms with Crippen molar-refractivity contribution in [3.63, 3.8) is 0 Å². The van der Waals surface area contributed by atoms with Gasteiger partial charge in [0.25, 0.3) is 5.65 Å². The van der Waals surface area contributed by atoms with Crippen molar-refractivity contribution in [3.05, 3.63) is 78.5 Å². The smallest absolute Gasteiger partial charge is 0.279 e. The van der Waals surface area contributed by atoms with Crippen molar-refractivity contribution in [2.24, 2.45) is 0 Å². The second kappa shape index (κ2) is 4.63. The fraction of sp³-hybridized carbons (Fsp3) is 0.0556. The molecule has 3 nitrogen and oxygen atoms in total. The third-order valence-electron chi connectivity index (χ3n) is 3.80. The van der Waals surface area contributed by atoms with Crippen molar-refractivity contribution in [1.82, 2.24) is 4.40 Å². The number of pyridine rings is 1. The van der Waals surface area contributed by atoms with E-state index in [2.05, 4.69) is 22.8 Å². The van der Waals surface area contributed by atoms with Crippen LogP contribution in [0, 0.1) is 0 Å². The van der Waals surface area contributed by atoms with Gasteiger partial charge in [-0.2, -0.15) is 4.40 Å². The number of imidazole rings is 1. The summed E-state index contributed by atoms with van der Waals surface area (Å²) in [5, 5.41) is 12.3. The summed E-state index contributed by atoms with van der Waals surface area (Å²) in [4.78, 5) is 0. The van der Waals surface area contributed by atoms with E-state index in [1.165, 1.54) is 5.56 Å². The standard InChI is InChI=1S/C18H14N2O/c21-17-11-6-12-19-15-9-4-5-10-16(15)20(18(17)19)13-14-7-2-1-3-8-14/h1-12H,13H2. The number of nitrogens with zero attached hydrogens (tertiary/aromatic N) is 2. The third-order valence-corrected chi connectivity index (χ3v) is 3.80. The van der Waals surface area contributed by atoms with Gasteiger partial charge >= 0.3 is 0 Å². The Bertz CT molecular complexity index is 926. The summed E-state index contributed by atoms with van der Waals surface area (Å²) >= 11 is 0. The minimum atomic E-state index is 0.0460. The molecule has 2 aromatic carbocycles. The number of aromatic nitrogens is 2. The van der Waals surface area contributed by atoms with E-state index < -0.39 is 0 Å². The van der Waals surface area contributed by atoms with Gasteiger partial charge in [0.05, 0.1) is 6.20 Å². The second-order valence-corrected chi connectivity index (χ2v) is 5.13. The van der Waals surface area contributed by atoms with E-state index in [-0.39, 0.29) is 5.75 Å². The summed E-state index contributed by atoms with van der Waals surface area (Å²) < 4.78 is 4.06. The van der Waals surface area contributed by atoms with Crippen LogP contribution in [0.25, 0.3) is 16.7 Å². The first-order chi connectivity index (χ1) is 10.3. The monoisotopic (exact) mass is 274 g/mol. The van der Waals surface area contributed by atoms with Crippen molar-refractivity contribution >= 4 is 16.7 Å². The molecule has 0 spiro atoms. The number of rotatable bonds is 2. The lowest BCUT2D eigenvalue weighted by Crippen LogP contribution is -2.34. The van der Waals surface area contributed by atoms with Gasteiger partial charge in [0.2, 0.25) is 0 Å². The normalized spacial score (nSPS) is 11.2. The highest BCUT2D eigenvalue weighted by atomic mass is 16.3. The molecular weight excluding hydrogens is 260 g/mol. The van der Waals surface area contributed by atoms with Crippen LogP contribution in [0.4, 0.5) is 0 Å². The summed E-state index contributed by atoms with van der Waals surface area (Å²) in [7, 11) is 0. The number of para-hydroxylation sites is 2. The SMILES string of the molecule is [O-]c1cccn2c3ccccc3[n+](Cc3ccccc3)c12. The molecule has 0 N–H and O–H groups in total. The van der Waals surface area contributed by atoms with Gasteiger partial charge < -0.3 is 5.11 Å². The maximum Gasteiger partial charge on any atom is 0.279 e. The van der Waals surface area contributed by atoms with E-state index in [0.29, 0.717) is 12.2 Å². The highest BCUT2D eigenvalue weighted by Gasteiger charge is 2.18. The molecule has 2 aromatic heterocycles. The highest BCUT2D eigenvalue weighted by Crippen LogP contribution is 2.20. The van der Waals surface area contributed by atoms with Crippen LogP contribution in [0.3, 0.4) is 0 Å². The van der Waals surface area contributed by atoms with Gasteiger partial charge in [-0.3, -0.25) is 0 Å². The zero-order valence-corrected chi connectivity index (χ0v) is 11.4. The Balaban J connectivity index is 2.05. The molecule has 0 fully saturated rings. The largest absolute Gasteiger partial charge is 0.867 e. The highest BCUT2D eigenvalue weighted by molar-refractivity contribution is 5.77. The molecule has 0 aliphatic carbocycles. The lowest BCUT2D eigenvalue weighted by atomic mass is 10.2. The predicted molar refractivity (Wildman–Crippen MR) is 80.1 cm³/mol. The van der Waals surface area contributed by atoms with Crippen LogP contribution in [-0.2, 0) is 6.54 Å². The van der Waals surface area contributed by atoms with Gasteiger partial charge in [0, 0.05) is 0 Å². The Morgan fingerprint density at radius 2 is 1.62 bits per heavy atom. The zero-order chi connectivity index (χ0) is 14.2. The number of benzene rings is 2.